The number of rotatable bonds is 6. The summed E-state index contributed by atoms with van der Waals surface area (Å²) in [6, 6.07) is 19.4. The summed E-state index contributed by atoms with van der Waals surface area (Å²) in [6.45, 7) is 3.44. The molecule has 0 unspecified atom stereocenters. The van der Waals surface area contributed by atoms with Crippen molar-refractivity contribution in [2.24, 2.45) is 5.92 Å². The number of nitrogens with zero attached hydrogens (tertiary/aromatic N) is 3. The topological polar surface area (TPSA) is 89.5 Å². The fourth-order valence-corrected chi connectivity index (χ4v) is 4.79. The molecule has 0 atom stereocenters. The highest BCUT2D eigenvalue weighted by Crippen LogP contribution is 2.25. The summed E-state index contributed by atoms with van der Waals surface area (Å²) in [5.41, 5.74) is 1.95. The molecule has 1 aliphatic heterocycles. The molecule has 0 spiro atoms. The largest absolute Gasteiger partial charge is 0.461 e. The van der Waals surface area contributed by atoms with Crippen LogP contribution in [0.3, 0.4) is 0 Å². The van der Waals surface area contributed by atoms with Gasteiger partial charge in [0.05, 0.1) is 10.8 Å². The highest BCUT2D eigenvalue weighted by molar-refractivity contribution is 7.91. The predicted molar refractivity (Wildman–Crippen MR) is 120 cm³/mol. The quantitative estimate of drug-likeness (QED) is 0.529. The van der Waals surface area contributed by atoms with E-state index in [0.717, 1.165) is 11.1 Å². The van der Waals surface area contributed by atoms with Gasteiger partial charge in [0, 0.05) is 13.1 Å². The minimum absolute atomic E-state index is 0.0792. The Hall–Kier alpha value is -3.26. The Kier molecular flexibility index (Phi) is 6.50. The molecule has 0 saturated carbocycles. The number of hydrogen-bond acceptors (Lipinski definition) is 7. The normalized spacial score (nSPS) is 14.8. The molecule has 0 N–H and O–H groups in total. The Morgan fingerprint density at radius 1 is 0.969 bits per heavy atom. The van der Waals surface area contributed by atoms with Gasteiger partial charge in [-0.1, -0.05) is 48.0 Å². The maximum absolute atomic E-state index is 12.7. The summed E-state index contributed by atoms with van der Waals surface area (Å²) < 4.78 is 31.0. The second kappa shape index (κ2) is 9.48. The van der Waals surface area contributed by atoms with Crippen LogP contribution in [0.25, 0.3) is 0 Å². The van der Waals surface area contributed by atoms with Crippen LogP contribution in [0.5, 0.6) is 0 Å². The predicted octanol–water partition coefficient (Wildman–Crippen LogP) is 3.58. The molecule has 7 nitrogen and oxygen atoms in total. The smallest absolute Gasteiger partial charge is 0.309 e. The first kappa shape index (κ1) is 22.0. The number of ether oxygens (including phenoxy) is 1. The standard InChI is InChI=1S/C24H25N3O4S/c1-18-7-9-21(10-8-18)32(29,30)23-12-11-22(25-26-23)27-15-13-20(14-16-27)24(28)31-17-19-5-3-2-4-6-19/h2-12,20H,13-17H2,1H3. The number of sulfone groups is 1. The van der Waals surface area contributed by atoms with Crippen LogP contribution in [-0.4, -0.2) is 37.7 Å². The van der Waals surface area contributed by atoms with Crippen LogP contribution < -0.4 is 4.90 Å². The van der Waals surface area contributed by atoms with E-state index in [1.165, 1.54) is 6.07 Å². The fraction of sp³-hybridized carbons (Fsp3) is 0.292. The lowest BCUT2D eigenvalue weighted by atomic mass is 9.97. The second-order valence-electron chi connectivity index (χ2n) is 7.90. The molecule has 32 heavy (non-hydrogen) atoms. The van der Waals surface area contributed by atoms with E-state index in [0.29, 0.717) is 31.7 Å². The van der Waals surface area contributed by atoms with Crippen molar-refractivity contribution in [1.29, 1.82) is 0 Å². The minimum Gasteiger partial charge on any atom is -0.461 e. The van der Waals surface area contributed by atoms with Gasteiger partial charge in [-0.15, -0.1) is 10.2 Å². The maximum atomic E-state index is 12.7. The minimum atomic E-state index is -3.71. The van der Waals surface area contributed by atoms with E-state index in [1.807, 2.05) is 42.2 Å². The Labute approximate surface area is 188 Å². The molecule has 2 aromatic carbocycles. The molecule has 1 fully saturated rings. The fourth-order valence-electron chi connectivity index (χ4n) is 3.65. The van der Waals surface area contributed by atoms with Crippen molar-refractivity contribution in [1.82, 2.24) is 10.2 Å². The van der Waals surface area contributed by atoms with Crippen LogP contribution in [0.15, 0.2) is 76.7 Å². The first-order chi connectivity index (χ1) is 15.4. The zero-order valence-electron chi connectivity index (χ0n) is 17.8. The Morgan fingerprint density at radius 2 is 1.66 bits per heavy atom. The monoisotopic (exact) mass is 451 g/mol. The Bertz CT molecular complexity index is 1160. The average molecular weight is 452 g/mol. The molecule has 1 aromatic heterocycles. The van der Waals surface area contributed by atoms with Crippen LogP contribution in [0.2, 0.25) is 0 Å². The molecule has 166 valence electrons. The van der Waals surface area contributed by atoms with E-state index in [-0.39, 0.29) is 28.4 Å². The van der Waals surface area contributed by atoms with Crippen molar-refractivity contribution in [2.75, 3.05) is 18.0 Å². The molecule has 3 aromatic rings. The summed E-state index contributed by atoms with van der Waals surface area (Å²) >= 11 is 0. The van der Waals surface area contributed by atoms with E-state index in [1.54, 1.807) is 30.3 Å². The van der Waals surface area contributed by atoms with Gasteiger partial charge in [-0.3, -0.25) is 4.79 Å². The molecule has 1 saturated heterocycles. The molecule has 1 aliphatic rings. The maximum Gasteiger partial charge on any atom is 0.309 e. The highest BCUT2D eigenvalue weighted by atomic mass is 32.2. The van der Waals surface area contributed by atoms with Crippen LogP contribution in [0.1, 0.15) is 24.0 Å². The molecule has 0 radical (unpaired) electrons. The zero-order valence-corrected chi connectivity index (χ0v) is 18.7. The molecule has 0 amide bonds. The van der Waals surface area contributed by atoms with Gasteiger partial charge in [-0.25, -0.2) is 8.42 Å². The Morgan fingerprint density at radius 3 is 2.28 bits per heavy atom. The molecular weight excluding hydrogens is 426 g/mol. The van der Waals surface area contributed by atoms with Gasteiger partial charge in [0.2, 0.25) is 9.84 Å². The summed E-state index contributed by atoms with van der Waals surface area (Å²) in [5, 5.41) is 8.03. The number of hydrogen-bond donors (Lipinski definition) is 0. The van der Waals surface area contributed by atoms with Crippen molar-refractivity contribution in [3.05, 3.63) is 77.9 Å². The molecular formula is C24H25N3O4S. The molecule has 2 heterocycles. The van der Waals surface area contributed by atoms with Gasteiger partial charge in [-0.05, 0) is 49.6 Å². The lowest BCUT2D eigenvalue weighted by Gasteiger charge is -2.31. The number of benzene rings is 2. The molecule has 0 aliphatic carbocycles. The average Bonchev–Trinajstić information content (AvgIpc) is 2.84. The van der Waals surface area contributed by atoms with E-state index in [2.05, 4.69) is 10.2 Å². The van der Waals surface area contributed by atoms with Gasteiger partial charge in [0.25, 0.3) is 0 Å². The van der Waals surface area contributed by atoms with Crippen molar-refractivity contribution in [2.45, 2.75) is 36.3 Å². The number of carbonyl (C=O) groups excluding carboxylic acids is 1. The number of anilines is 1. The lowest BCUT2D eigenvalue weighted by molar-refractivity contribution is -0.150. The van der Waals surface area contributed by atoms with Crippen LogP contribution >= 0.6 is 0 Å². The highest BCUT2D eigenvalue weighted by Gasteiger charge is 2.27. The van der Waals surface area contributed by atoms with Crippen LogP contribution in [0, 0.1) is 12.8 Å². The van der Waals surface area contributed by atoms with Crippen molar-refractivity contribution >= 4 is 21.6 Å². The SMILES string of the molecule is Cc1ccc(S(=O)(=O)c2ccc(N3CCC(C(=O)OCc4ccccc4)CC3)nn2)cc1. The molecule has 8 heteroatoms. The number of carbonyl (C=O) groups is 1. The van der Waals surface area contributed by atoms with Crippen molar-refractivity contribution in [3.63, 3.8) is 0 Å². The zero-order chi connectivity index (χ0) is 22.6. The van der Waals surface area contributed by atoms with E-state index < -0.39 is 9.84 Å². The number of esters is 1. The lowest BCUT2D eigenvalue weighted by Crippen LogP contribution is -2.37. The number of aryl methyl sites for hydroxylation is 1. The molecule has 0 bridgehead atoms. The Balaban J connectivity index is 1.34. The summed E-state index contributed by atoms with van der Waals surface area (Å²) in [7, 11) is -3.71. The summed E-state index contributed by atoms with van der Waals surface area (Å²) in [6.07, 6.45) is 1.30. The van der Waals surface area contributed by atoms with Crippen molar-refractivity contribution < 1.29 is 17.9 Å². The summed E-state index contributed by atoms with van der Waals surface area (Å²) in [4.78, 5) is 14.6. The summed E-state index contributed by atoms with van der Waals surface area (Å²) in [5.74, 6) is 0.271. The van der Waals surface area contributed by atoms with Crippen LogP contribution in [0.4, 0.5) is 5.82 Å². The van der Waals surface area contributed by atoms with Gasteiger partial charge in [-0.2, -0.15) is 0 Å². The van der Waals surface area contributed by atoms with Gasteiger partial charge in [0.1, 0.15) is 6.61 Å². The molecule has 4 rings (SSSR count). The second-order valence-corrected chi connectivity index (χ2v) is 9.80. The first-order valence-corrected chi connectivity index (χ1v) is 12.0. The number of piperidine rings is 1. The van der Waals surface area contributed by atoms with Gasteiger partial charge >= 0.3 is 5.97 Å². The third-order valence-electron chi connectivity index (χ3n) is 5.61. The van der Waals surface area contributed by atoms with Crippen LogP contribution in [-0.2, 0) is 26.0 Å². The third-order valence-corrected chi connectivity index (χ3v) is 7.27. The van der Waals surface area contributed by atoms with E-state index in [4.69, 9.17) is 4.74 Å². The van der Waals surface area contributed by atoms with E-state index >= 15 is 0 Å². The van der Waals surface area contributed by atoms with Gasteiger partial charge in [0.15, 0.2) is 10.8 Å². The van der Waals surface area contributed by atoms with Crippen molar-refractivity contribution in [3.8, 4) is 0 Å². The van der Waals surface area contributed by atoms with Gasteiger partial charge < -0.3 is 9.64 Å². The van der Waals surface area contributed by atoms with E-state index in [9.17, 15) is 13.2 Å². The number of aromatic nitrogens is 2. The third kappa shape index (κ3) is 4.96. The first-order valence-electron chi connectivity index (χ1n) is 10.5.